The van der Waals surface area contributed by atoms with E-state index in [4.69, 9.17) is 11.6 Å². The lowest BCUT2D eigenvalue weighted by molar-refractivity contribution is 0.108. The number of aliphatic hydroxyl groups excluding tert-OH is 1. The highest BCUT2D eigenvalue weighted by molar-refractivity contribution is 6.29. The van der Waals surface area contributed by atoms with Gasteiger partial charge in [-0.3, -0.25) is 4.68 Å². The molecule has 0 bridgehead atoms. The Bertz CT molecular complexity index is 560. The number of aliphatic hydroxyl groups is 1. The minimum Gasteiger partial charge on any atom is -0.396 e. The Morgan fingerprint density at radius 2 is 2.11 bits per heavy atom. The summed E-state index contributed by atoms with van der Waals surface area (Å²) in [6.07, 6.45) is 8.08. The van der Waals surface area contributed by atoms with Crippen molar-refractivity contribution >= 4 is 22.5 Å². The van der Waals surface area contributed by atoms with Gasteiger partial charge >= 0.3 is 0 Å². The lowest BCUT2D eigenvalue weighted by atomic mass is 9.87. The van der Waals surface area contributed by atoms with Gasteiger partial charge in [-0.05, 0) is 12.8 Å². The molecular weight excluding hydrogens is 250 g/mol. The van der Waals surface area contributed by atoms with E-state index in [-0.39, 0.29) is 12.0 Å². The zero-order chi connectivity index (χ0) is 12.6. The minimum atomic E-state index is -0.00526. The maximum Gasteiger partial charge on any atom is 0.131 e. The quantitative estimate of drug-likeness (QED) is 0.868. The zero-order valence-electron chi connectivity index (χ0n) is 10.1. The number of fused-ring (bicyclic) bond motifs is 1. The molecule has 1 N–H and O–H groups in total. The molecule has 1 saturated carbocycles. The number of halogens is 1. The van der Waals surface area contributed by atoms with Crippen molar-refractivity contribution in [3.05, 3.63) is 23.6 Å². The van der Waals surface area contributed by atoms with Crippen molar-refractivity contribution in [3.8, 4) is 0 Å². The molecule has 0 saturated heterocycles. The van der Waals surface area contributed by atoms with Gasteiger partial charge in [0.2, 0.25) is 0 Å². The number of hydrogen-bond donors (Lipinski definition) is 1. The summed E-state index contributed by atoms with van der Waals surface area (Å²) < 4.78 is 1.95. The average Bonchev–Trinajstić information content (AvgIpc) is 2.98. The van der Waals surface area contributed by atoms with Crippen LogP contribution in [0.3, 0.4) is 0 Å². The predicted octanol–water partition coefficient (Wildman–Crippen LogP) is 2.64. The number of aromatic nitrogens is 3. The van der Waals surface area contributed by atoms with Gasteiger partial charge in [0.05, 0.1) is 18.3 Å². The average molecular weight is 266 g/mol. The van der Waals surface area contributed by atoms with E-state index in [0.717, 1.165) is 30.3 Å². The van der Waals surface area contributed by atoms with Gasteiger partial charge < -0.3 is 5.11 Å². The first-order chi connectivity index (χ1) is 8.72. The highest BCUT2D eigenvalue weighted by Crippen LogP contribution is 2.39. The van der Waals surface area contributed by atoms with Crippen LogP contribution in [0.5, 0.6) is 0 Å². The van der Waals surface area contributed by atoms with Crippen LogP contribution in [0.15, 0.2) is 18.5 Å². The van der Waals surface area contributed by atoms with Crippen LogP contribution in [0.25, 0.3) is 10.9 Å². The van der Waals surface area contributed by atoms with E-state index in [1.54, 1.807) is 12.4 Å². The fourth-order valence-corrected chi connectivity index (χ4v) is 3.03. The lowest BCUT2D eigenvalue weighted by Gasteiger charge is -2.26. The zero-order valence-corrected chi connectivity index (χ0v) is 10.9. The van der Waals surface area contributed by atoms with Crippen LogP contribution in [0.2, 0.25) is 5.15 Å². The summed E-state index contributed by atoms with van der Waals surface area (Å²) in [5.41, 5.74) is 0.990. The van der Waals surface area contributed by atoms with Crippen LogP contribution in [0.4, 0.5) is 0 Å². The summed E-state index contributed by atoms with van der Waals surface area (Å²) in [6.45, 7) is 0.987. The molecule has 18 heavy (non-hydrogen) atoms. The molecule has 2 aromatic heterocycles. The number of pyridine rings is 1. The van der Waals surface area contributed by atoms with Gasteiger partial charge in [-0.15, -0.1) is 0 Å². The third-order valence-electron chi connectivity index (χ3n) is 3.98. The second kappa shape index (κ2) is 4.52. The van der Waals surface area contributed by atoms with Crippen molar-refractivity contribution in [2.45, 2.75) is 32.2 Å². The SMILES string of the molecule is OCC1(Cn2ncc3cnc(Cl)cc32)CCCC1. The highest BCUT2D eigenvalue weighted by atomic mass is 35.5. The molecule has 5 heteroatoms. The van der Waals surface area contributed by atoms with Crippen LogP contribution in [-0.4, -0.2) is 26.5 Å². The summed E-state index contributed by atoms with van der Waals surface area (Å²) in [5, 5.41) is 15.5. The second-order valence-corrected chi connectivity index (χ2v) is 5.62. The van der Waals surface area contributed by atoms with E-state index in [9.17, 15) is 5.11 Å². The third-order valence-corrected chi connectivity index (χ3v) is 4.18. The molecule has 1 aliphatic carbocycles. The van der Waals surface area contributed by atoms with E-state index in [1.165, 1.54) is 12.8 Å². The van der Waals surface area contributed by atoms with Crippen LogP contribution in [-0.2, 0) is 6.54 Å². The lowest BCUT2D eigenvalue weighted by Crippen LogP contribution is -2.28. The molecule has 0 amide bonds. The van der Waals surface area contributed by atoms with Crippen molar-refractivity contribution in [3.63, 3.8) is 0 Å². The molecule has 3 rings (SSSR count). The first-order valence-electron chi connectivity index (χ1n) is 6.30. The number of hydrogen-bond acceptors (Lipinski definition) is 3. The highest BCUT2D eigenvalue weighted by Gasteiger charge is 2.34. The molecule has 96 valence electrons. The largest absolute Gasteiger partial charge is 0.396 e. The molecule has 0 atom stereocenters. The molecule has 1 fully saturated rings. The Labute approximate surface area is 111 Å². The standard InChI is InChI=1S/C13H16ClN3O/c14-12-5-11-10(6-15-12)7-16-17(11)8-13(9-18)3-1-2-4-13/h5-7,18H,1-4,8-9H2. The maximum absolute atomic E-state index is 9.66. The molecule has 4 nitrogen and oxygen atoms in total. The van der Waals surface area contributed by atoms with E-state index < -0.39 is 0 Å². The molecule has 0 unspecified atom stereocenters. The Hall–Kier alpha value is -1.13. The van der Waals surface area contributed by atoms with E-state index in [0.29, 0.717) is 5.15 Å². The first-order valence-corrected chi connectivity index (χ1v) is 6.68. The predicted molar refractivity (Wildman–Crippen MR) is 70.5 cm³/mol. The van der Waals surface area contributed by atoms with Gasteiger partial charge in [0.25, 0.3) is 0 Å². The fourth-order valence-electron chi connectivity index (χ4n) is 2.88. The Morgan fingerprint density at radius 3 is 2.83 bits per heavy atom. The molecule has 0 radical (unpaired) electrons. The molecular formula is C13H16ClN3O. The van der Waals surface area contributed by atoms with Gasteiger partial charge in [0, 0.05) is 29.6 Å². The summed E-state index contributed by atoms with van der Waals surface area (Å²) in [7, 11) is 0. The van der Waals surface area contributed by atoms with Gasteiger partial charge in [0.1, 0.15) is 5.15 Å². The van der Waals surface area contributed by atoms with Gasteiger partial charge in [-0.2, -0.15) is 5.10 Å². The molecule has 0 spiro atoms. The summed E-state index contributed by atoms with van der Waals surface area (Å²) >= 11 is 5.93. The van der Waals surface area contributed by atoms with Crippen LogP contribution in [0, 0.1) is 5.41 Å². The van der Waals surface area contributed by atoms with Gasteiger partial charge in [-0.1, -0.05) is 24.4 Å². The molecule has 2 aromatic rings. The number of rotatable bonds is 3. The van der Waals surface area contributed by atoms with Gasteiger partial charge in [-0.25, -0.2) is 4.98 Å². The van der Waals surface area contributed by atoms with Crippen molar-refractivity contribution in [2.75, 3.05) is 6.61 Å². The van der Waals surface area contributed by atoms with E-state index in [2.05, 4.69) is 10.1 Å². The van der Waals surface area contributed by atoms with E-state index in [1.807, 2.05) is 10.7 Å². The van der Waals surface area contributed by atoms with Crippen molar-refractivity contribution in [1.82, 2.24) is 14.8 Å². The fraction of sp³-hybridized carbons (Fsp3) is 0.538. The molecule has 0 aromatic carbocycles. The number of nitrogens with zero attached hydrogens (tertiary/aromatic N) is 3. The second-order valence-electron chi connectivity index (χ2n) is 5.23. The molecule has 1 aliphatic rings. The Morgan fingerprint density at radius 1 is 1.33 bits per heavy atom. The summed E-state index contributed by atoms with van der Waals surface area (Å²) in [6, 6.07) is 1.84. The monoisotopic (exact) mass is 265 g/mol. The molecule has 2 heterocycles. The maximum atomic E-state index is 9.66. The molecule has 0 aliphatic heterocycles. The van der Waals surface area contributed by atoms with Gasteiger partial charge in [0.15, 0.2) is 0 Å². The first kappa shape index (κ1) is 11.9. The van der Waals surface area contributed by atoms with Crippen molar-refractivity contribution in [1.29, 1.82) is 0 Å². The van der Waals surface area contributed by atoms with Crippen molar-refractivity contribution in [2.24, 2.45) is 5.41 Å². The minimum absolute atomic E-state index is 0.00526. The Balaban J connectivity index is 1.97. The Kier molecular flexibility index (Phi) is 2.99. The summed E-state index contributed by atoms with van der Waals surface area (Å²) in [4.78, 5) is 4.05. The van der Waals surface area contributed by atoms with E-state index >= 15 is 0 Å². The summed E-state index contributed by atoms with van der Waals surface area (Å²) in [5.74, 6) is 0. The smallest absolute Gasteiger partial charge is 0.131 e. The van der Waals surface area contributed by atoms with Crippen LogP contribution >= 0.6 is 11.6 Å². The van der Waals surface area contributed by atoms with Crippen molar-refractivity contribution < 1.29 is 5.11 Å². The van der Waals surface area contributed by atoms with Crippen LogP contribution < -0.4 is 0 Å². The normalized spacial score (nSPS) is 18.6. The van der Waals surface area contributed by atoms with Crippen LogP contribution in [0.1, 0.15) is 25.7 Å². The topological polar surface area (TPSA) is 50.9 Å². The third kappa shape index (κ3) is 1.99.